The average molecular weight is 299 g/mol. The maximum absolute atomic E-state index is 11.5. The summed E-state index contributed by atoms with van der Waals surface area (Å²) in [5, 5.41) is 26.5. The van der Waals surface area contributed by atoms with Crippen molar-refractivity contribution in [2.75, 3.05) is 6.54 Å². The molecule has 1 heterocycles. The van der Waals surface area contributed by atoms with Crippen LogP contribution in [0.3, 0.4) is 0 Å². The Hall–Kier alpha value is -1.60. The fourth-order valence-electron chi connectivity index (χ4n) is 1.62. The van der Waals surface area contributed by atoms with Crippen LogP contribution in [0.25, 0.3) is 0 Å². The summed E-state index contributed by atoms with van der Waals surface area (Å²) >= 11 is 0. The molecule has 0 fully saturated rings. The lowest BCUT2D eigenvalue weighted by molar-refractivity contribution is 0.0129. The van der Waals surface area contributed by atoms with Crippen molar-refractivity contribution in [3.05, 3.63) is 18.0 Å². The number of nitrogens with zero attached hydrogens (tertiary/aromatic N) is 2. The van der Waals surface area contributed by atoms with Crippen LogP contribution < -0.4 is 5.32 Å². The fraction of sp³-hybridized carbons (Fsp3) is 0.714. The number of aliphatic hydroxyl groups is 2. The Balaban J connectivity index is 2.50. The first kappa shape index (κ1) is 17.5. The molecule has 0 saturated heterocycles. The van der Waals surface area contributed by atoms with E-state index in [1.807, 2.05) is 13.8 Å². The van der Waals surface area contributed by atoms with E-state index in [0.717, 1.165) is 0 Å². The van der Waals surface area contributed by atoms with Gasteiger partial charge in [0.2, 0.25) is 0 Å². The highest BCUT2D eigenvalue weighted by molar-refractivity contribution is 5.67. The van der Waals surface area contributed by atoms with Crippen molar-refractivity contribution in [2.45, 2.75) is 58.5 Å². The molecule has 0 aliphatic carbocycles. The number of hydrogen-bond acceptors (Lipinski definition) is 5. The summed E-state index contributed by atoms with van der Waals surface area (Å²) in [6.07, 6.45) is 0.286. The Morgan fingerprint density at radius 3 is 2.52 bits per heavy atom. The van der Waals surface area contributed by atoms with Crippen LogP contribution in [0, 0.1) is 0 Å². The van der Waals surface area contributed by atoms with Crippen molar-refractivity contribution < 1.29 is 19.7 Å². The molecule has 0 spiro atoms. The predicted octanol–water partition coefficient (Wildman–Crippen LogP) is 1.38. The van der Waals surface area contributed by atoms with Crippen molar-refractivity contribution in [3.63, 3.8) is 0 Å². The number of rotatable bonds is 5. The lowest BCUT2D eigenvalue weighted by Gasteiger charge is -2.21. The van der Waals surface area contributed by atoms with Crippen LogP contribution >= 0.6 is 0 Å². The Labute approximate surface area is 124 Å². The number of carbonyl (C=O) groups excluding carboxylic acids is 1. The van der Waals surface area contributed by atoms with Gasteiger partial charge in [0.15, 0.2) is 0 Å². The Morgan fingerprint density at radius 2 is 2.05 bits per heavy atom. The van der Waals surface area contributed by atoms with Gasteiger partial charge in [-0.15, -0.1) is 0 Å². The highest BCUT2D eigenvalue weighted by atomic mass is 16.6. The summed E-state index contributed by atoms with van der Waals surface area (Å²) in [4.78, 5) is 11.5. The standard InChI is InChI=1S/C14H25N3O4/c1-9(2)17-8-10(6-16-17)12(19)11(18)7-15-13(20)21-14(3,4)5/h6,8-9,11-12,18-19H,7H2,1-5H3,(H,15,20). The van der Waals surface area contributed by atoms with Crippen LogP contribution in [-0.4, -0.2) is 44.3 Å². The first-order valence-electron chi connectivity index (χ1n) is 6.97. The molecule has 2 atom stereocenters. The molecule has 0 saturated carbocycles. The topological polar surface area (TPSA) is 96.6 Å². The normalized spacial score (nSPS) is 14.9. The molecule has 1 aromatic heterocycles. The van der Waals surface area contributed by atoms with Crippen LogP contribution in [0.15, 0.2) is 12.4 Å². The van der Waals surface area contributed by atoms with Gasteiger partial charge in [-0.05, 0) is 34.6 Å². The third-order valence-electron chi connectivity index (χ3n) is 2.71. The second-order valence-corrected chi connectivity index (χ2v) is 6.24. The summed E-state index contributed by atoms with van der Waals surface area (Å²) in [6, 6.07) is 0.169. The van der Waals surface area contributed by atoms with E-state index in [9.17, 15) is 15.0 Å². The second-order valence-electron chi connectivity index (χ2n) is 6.24. The largest absolute Gasteiger partial charge is 0.444 e. The number of carbonyl (C=O) groups is 1. The van der Waals surface area contributed by atoms with E-state index in [0.29, 0.717) is 5.56 Å². The van der Waals surface area contributed by atoms with Gasteiger partial charge in [0.05, 0.1) is 6.20 Å². The smallest absolute Gasteiger partial charge is 0.407 e. The molecule has 0 aliphatic rings. The number of ether oxygens (including phenoxy) is 1. The van der Waals surface area contributed by atoms with Crippen molar-refractivity contribution in [1.29, 1.82) is 0 Å². The van der Waals surface area contributed by atoms with Crippen LogP contribution in [-0.2, 0) is 4.74 Å². The highest BCUT2D eigenvalue weighted by Gasteiger charge is 2.22. The predicted molar refractivity (Wildman–Crippen MR) is 77.8 cm³/mol. The Morgan fingerprint density at radius 1 is 1.43 bits per heavy atom. The lowest BCUT2D eigenvalue weighted by atomic mass is 10.1. The van der Waals surface area contributed by atoms with E-state index in [1.54, 1.807) is 31.6 Å². The number of hydrogen-bond donors (Lipinski definition) is 3. The van der Waals surface area contributed by atoms with E-state index < -0.39 is 23.9 Å². The summed E-state index contributed by atoms with van der Waals surface area (Å²) < 4.78 is 6.74. The average Bonchev–Trinajstić information content (AvgIpc) is 2.82. The highest BCUT2D eigenvalue weighted by Crippen LogP contribution is 2.17. The first-order valence-corrected chi connectivity index (χ1v) is 6.97. The molecule has 0 bridgehead atoms. The van der Waals surface area contributed by atoms with Crippen molar-refractivity contribution >= 4 is 6.09 Å². The van der Waals surface area contributed by atoms with Gasteiger partial charge in [0.1, 0.15) is 17.8 Å². The number of aliphatic hydroxyl groups excluding tert-OH is 2. The maximum atomic E-state index is 11.5. The van der Waals surface area contributed by atoms with Crippen molar-refractivity contribution in [3.8, 4) is 0 Å². The zero-order chi connectivity index (χ0) is 16.2. The molecule has 1 aromatic rings. The van der Waals surface area contributed by atoms with Crippen LogP contribution in [0.4, 0.5) is 4.79 Å². The van der Waals surface area contributed by atoms with Gasteiger partial charge >= 0.3 is 6.09 Å². The van der Waals surface area contributed by atoms with Gasteiger partial charge in [0.25, 0.3) is 0 Å². The van der Waals surface area contributed by atoms with Crippen LogP contribution in [0.2, 0.25) is 0 Å². The molecule has 7 heteroatoms. The minimum Gasteiger partial charge on any atom is -0.444 e. The molecule has 0 aliphatic heterocycles. The molecule has 120 valence electrons. The van der Waals surface area contributed by atoms with E-state index >= 15 is 0 Å². The molecule has 0 aromatic carbocycles. The SMILES string of the molecule is CC(C)n1cc(C(O)C(O)CNC(=O)OC(C)(C)C)cn1. The molecule has 1 amide bonds. The summed E-state index contributed by atoms with van der Waals surface area (Å²) in [5.41, 5.74) is -0.103. The van der Waals surface area contributed by atoms with Gasteiger partial charge < -0.3 is 20.3 Å². The first-order chi connectivity index (χ1) is 9.60. The van der Waals surface area contributed by atoms with Crippen molar-refractivity contribution in [2.24, 2.45) is 0 Å². The molecular formula is C14H25N3O4. The van der Waals surface area contributed by atoms with E-state index in [1.165, 1.54) is 6.20 Å². The van der Waals surface area contributed by atoms with Crippen LogP contribution in [0.5, 0.6) is 0 Å². The van der Waals surface area contributed by atoms with Crippen LogP contribution in [0.1, 0.15) is 52.3 Å². The van der Waals surface area contributed by atoms with E-state index in [4.69, 9.17) is 4.74 Å². The molecule has 0 radical (unpaired) electrons. The summed E-state index contributed by atoms with van der Waals surface area (Å²) in [5.74, 6) is 0. The third-order valence-corrected chi connectivity index (χ3v) is 2.71. The summed E-state index contributed by atoms with van der Waals surface area (Å²) in [7, 11) is 0. The number of aromatic nitrogens is 2. The fourth-order valence-corrected chi connectivity index (χ4v) is 1.62. The monoisotopic (exact) mass is 299 g/mol. The summed E-state index contributed by atoms with van der Waals surface area (Å²) in [6.45, 7) is 9.06. The van der Waals surface area contributed by atoms with Gasteiger partial charge in [-0.1, -0.05) is 0 Å². The van der Waals surface area contributed by atoms with E-state index in [2.05, 4.69) is 10.4 Å². The zero-order valence-electron chi connectivity index (χ0n) is 13.2. The third kappa shape index (κ3) is 5.73. The van der Waals surface area contributed by atoms with E-state index in [-0.39, 0.29) is 12.6 Å². The minimum absolute atomic E-state index is 0.108. The zero-order valence-corrected chi connectivity index (χ0v) is 13.2. The number of nitrogens with one attached hydrogen (secondary N) is 1. The lowest BCUT2D eigenvalue weighted by Crippen LogP contribution is -2.38. The molecule has 2 unspecified atom stereocenters. The Kier molecular flexibility index (Phi) is 5.74. The van der Waals surface area contributed by atoms with Gasteiger partial charge in [-0.2, -0.15) is 5.10 Å². The molecular weight excluding hydrogens is 274 g/mol. The van der Waals surface area contributed by atoms with Gasteiger partial charge in [-0.3, -0.25) is 4.68 Å². The molecule has 1 rings (SSSR count). The minimum atomic E-state index is -1.14. The van der Waals surface area contributed by atoms with Crippen molar-refractivity contribution in [1.82, 2.24) is 15.1 Å². The number of alkyl carbamates (subject to hydrolysis) is 1. The molecule has 7 nitrogen and oxygen atoms in total. The Bertz CT molecular complexity index is 465. The molecule has 3 N–H and O–H groups in total. The molecule has 21 heavy (non-hydrogen) atoms. The second kappa shape index (κ2) is 6.91. The quantitative estimate of drug-likeness (QED) is 0.763. The maximum Gasteiger partial charge on any atom is 0.407 e. The number of amides is 1. The van der Waals surface area contributed by atoms with Gasteiger partial charge in [-0.25, -0.2) is 4.79 Å². The van der Waals surface area contributed by atoms with Gasteiger partial charge in [0, 0.05) is 24.3 Å².